The quantitative estimate of drug-likeness (QED) is 0.500. The standard InChI is InChI=1S/C17H16N4O3S/c1-10-6-7-11(24-10)9-19-21-16(23)15(22)20-17-13(8-18)12-4-2-3-5-14(12)25-17/h6-7,9H,2-5H2,1H3,(H,20,22)(H,21,23)/b19-9+. The second-order valence-electron chi connectivity index (χ2n) is 5.63. The average Bonchev–Trinajstić information content (AvgIpc) is 3.17. The third kappa shape index (κ3) is 3.78. The molecule has 8 heteroatoms. The van der Waals surface area contributed by atoms with Gasteiger partial charge in [0.25, 0.3) is 0 Å². The third-order valence-electron chi connectivity index (χ3n) is 3.84. The lowest BCUT2D eigenvalue weighted by Crippen LogP contribution is -2.32. The number of anilines is 1. The Morgan fingerprint density at radius 1 is 1.32 bits per heavy atom. The second kappa shape index (κ2) is 7.32. The van der Waals surface area contributed by atoms with E-state index in [4.69, 9.17) is 4.42 Å². The van der Waals surface area contributed by atoms with E-state index in [0.717, 1.165) is 41.9 Å². The van der Waals surface area contributed by atoms with Gasteiger partial charge in [0.15, 0.2) is 0 Å². The van der Waals surface area contributed by atoms with Gasteiger partial charge in [0, 0.05) is 4.88 Å². The number of thiophene rings is 1. The average molecular weight is 356 g/mol. The Balaban J connectivity index is 1.64. The smallest absolute Gasteiger partial charge is 0.329 e. The Morgan fingerprint density at radius 3 is 2.84 bits per heavy atom. The van der Waals surface area contributed by atoms with Crippen molar-refractivity contribution >= 4 is 34.4 Å². The van der Waals surface area contributed by atoms with Crippen LogP contribution in [0.5, 0.6) is 0 Å². The van der Waals surface area contributed by atoms with E-state index in [1.165, 1.54) is 17.6 Å². The second-order valence-corrected chi connectivity index (χ2v) is 6.73. The first kappa shape index (κ1) is 16.9. The summed E-state index contributed by atoms with van der Waals surface area (Å²) in [5.74, 6) is -0.579. The zero-order valence-electron chi connectivity index (χ0n) is 13.6. The minimum atomic E-state index is -0.908. The Hall–Kier alpha value is -2.92. The van der Waals surface area contributed by atoms with E-state index in [9.17, 15) is 14.9 Å². The fraction of sp³-hybridized carbons (Fsp3) is 0.294. The van der Waals surface area contributed by atoms with E-state index in [1.807, 2.05) is 0 Å². The molecule has 0 aromatic carbocycles. The van der Waals surface area contributed by atoms with E-state index in [-0.39, 0.29) is 0 Å². The molecule has 2 N–H and O–H groups in total. The maximum Gasteiger partial charge on any atom is 0.329 e. The molecule has 2 aromatic heterocycles. The summed E-state index contributed by atoms with van der Waals surface area (Å²) in [6.45, 7) is 1.79. The highest BCUT2D eigenvalue weighted by Crippen LogP contribution is 2.37. The summed E-state index contributed by atoms with van der Waals surface area (Å²) in [5, 5.41) is 16.0. The van der Waals surface area contributed by atoms with Crippen LogP contribution < -0.4 is 10.7 Å². The molecular weight excluding hydrogens is 340 g/mol. The van der Waals surface area contributed by atoms with Crippen LogP contribution in [0.3, 0.4) is 0 Å². The van der Waals surface area contributed by atoms with Crippen LogP contribution in [0.25, 0.3) is 0 Å². The summed E-state index contributed by atoms with van der Waals surface area (Å²) >= 11 is 1.37. The van der Waals surface area contributed by atoms with Gasteiger partial charge in [0.05, 0.1) is 11.8 Å². The van der Waals surface area contributed by atoms with Crippen molar-refractivity contribution in [3.05, 3.63) is 39.7 Å². The number of nitrogens with one attached hydrogen (secondary N) is 2. The molecule has 0 bridgehead atoms. The van der Waals surface area contributed by atoms with Crippen LogP contribution in [0.1, 0.15) is 40.4 Å². The SMILES string of the molecule is Cc1ccc(/C=N/NC(=O)C(=O)Nc2sc3c(c2C#N)CCCC3)o1. The van der Waals surface area contributed by atoms with Crippen LogP contribution in [0.4, 0.5) is 5.00 Å². The topological polar surface area (TPSA) is 107 Å². The monoisotopic (exact) mass is 356 g/mol. The number of nitrogens with zero attached hydrogens (tertiary/aromatic N) is 2. The Labute approximate surface area is 148 Å². The van der Waals surface area contributed by atoms with Crippen molar-refractivity contribution < 1.29 is 14.0 Å². The molecule has 2 amide bonds. The van der Waals surface area contributed by atoms with Crippen molar-refractivity contribution in [2.45, 2.75) is 32.6 Å². The third-order valence-corrected chi connectivity index (χ3v) is 5.04. The number of furan rings is 1. The Morgan fingerprint density at radius 2 is 2.12 bits per heavy atom. The van der Waals surface area contributed by atoms with Crippen molar-refractivity contribution in [1.82, 2.24) is 5.43 Å². The number of hydrogen-bond donors (Lipinski definition) is 2. The van der Waals surface area contributed by atoms with Gasteiger partial charge in [-0.05, 0) is 50.3 Å². The molecule has 0 saturated heterocycles. The predicted octanol–water partition coefficient (Wildman–Crippen LogP) is 2.49. The summed E-state index contributed by atoms with van der Waals surface area (Å²) in [6, 6.07) is 5.59. The zero-order valence-corrected chi connectivity index (χ0v) is 14.4. The molecule has 0 fully saturated rings. The summed E-state index contributed by atoms with van der Waals surface area (Å²) in [6.07, 6.45) is 5.16. The van der Waals surface area contributed by atoms with E-state index in [1.54, 1.807) is 19.1 Å². The highest BCUT2D eigenvalue weighted by atomic mass is 32.1. The molecule has 0 aliphatic heterocycles. The maximum absolute atomic E-state index is 12.0. The van der Waals surface area contributed by atoms with Crippen molar-refractivity contribution in [3.8, 4) is 6.07 Å². The lowest BCUT2D eigenvalue weighted by molar-refractivity contribution is -0.136. The molecule has 0 radical (unpaired) electrons. The van der Waals surface area contributed by atoms with Crippen LogP contribution in [0, 0.1) is 18.3 Å². The normalized spacial score (nSPS) is 13.3. The number of nitriles is 1. The van der Waals surface area contributed by atoms with Gasteiger partial charge in [-0.25, -0.2) is 5.43 Å². The first-order chi connectivity index (χ1) is 12.1. The maximum atomic E-state index is 12.0. The number of aryl methyl sites for hydroxylation is 2. The molecule has 7 nitrogen and oxygen atoms in total. The molecule has 2 aromatic rings. The number of amides is 2. The van der Waals surface area contributed by atoms with E-state index >= 15 is 0 Å². The van der Waals surface area contributed by atoms with E-state index in [2.05, 4.69) is 21.9 Å². The highest BCUT2D eigenvalue weighted by Gasteiger charge is 2.23. The lowest BCUT2D eigenvalue weighted by atomic mass is 9.96. The fourth-order valence-electron chi connectivity index (χ4n) is 2.66. The van der Waals surface area contributed by atoms with Gasteiger partial charge in [-0.2, -0.15) is 10.4 Å². The summed E-state index contributed by atoms with van der Waals surface area (Å²) < 4.78 is 5.26. The van der Waals surface area contributed by atoms with Crippen molar-refractivity contribution in [3.63, 3.8) is 0 Å². The molecule has 0 saturated carbocycles. The van der Waals surface area contributed by atoms with Gasteiger partial charge in [0.1, 0.15) is 22.6 Å². The summed E-state index contributed by atoms with van der Waals surface area (Å²) in [5.41, 5.74) is 3.61. The van der Waals surface area contributed by atoms with Gasteiger partial charge >= 0.3 is 11.8 Å². The number of rotatable bonds is 3. The fourth-order valence-corrected chi connectivity index (χ4v) is 3.89. The minimum Gasteiger partial charge on any atom is -0.460 e. The molecule has 3 rings (SSSR count). The Bertz CT molecular complexity index is 888. The van der Waals surface area contributed by atoms with Crippen LogP contribution >= 0.6 is 11.3 Å². The van der Waals surface area contributed by atoms with Crippen molar-refractivity contribution in [2.24, 2.45) is 5.10 Å². The van der Waals surface area contributed by atoms with E-state index < -0.39 is 11.8 Å². The molecule has 25 heavy (non-hydrogen) atoms. The van der Waals surface area contributed by atoms with Gasteiger partial charge in [-0.15, -0.1) is 11.3 Å². The molecule has 0 atom stereocenters. The molecular formula is C17H16N4O3S. The molecule has 0 spiro atoms. The molecule has 1 aliphatic rings. The predicted molar refractivity (Wildman–Crippen MR) is 93.5 cm³/mol. The first-order valence-electron chi connectivity index (χ1n) is 7.84. The van der Waals surface area contributed by atoms with Crippen LogP contribution in [-0.2, 0) is 22.4 Å². The van der Waals surface area contributed by atoms with Gasteiger partial charge in [-0.3, -0.25) is 9.59 Å². The lowest BCUT2D eigenvalue weighted by Gasteiger charge is -2.09. The number of carbonyl (C=O) groups is 2. The Kier molecular flexibility index (Phi) is 4.95. The van der Waals surface area contributed by atoms with Gasteiger partial charge in [-0.1, -0.05) is 0 Å². The number of fused-ring (bicyclic) bond motifs is 1. The molecule has 1 aliphatic carbocycles. The largest absolute Gasteiger partial charge is 0.460 e. The van der Waals surface area contributed by atoms with Crippen LogP contribution in [-0.4, -0.2) is 18.0 Å². The molecule has 2 heterocycles. The van der Waals surface area contributed by atoms with E-state index in [0.29, 0.717) is 16.3 Å². The minimum absolute atomic E-state index is 0.431. The molecule has 128 valence electrons. The first-order valence-corrected chi connectivity index (χ1v) is 8.65. The van der Waals surface area contributed by atoms with Gasteiger partial charge in [0.2, 0.25) is 0 Å². The number of carbonyl (C=O) groups excluding carboxylic acids is 2. The zero-order chi connectivity index (χ0) is 17.8. The number of hydrogen-bond acceptors (Lipinski definition) is 6. The van der Waals surface area contributed by atoms with Crippen molar-refractivity contribution in [1.29, 1.82) is 5.26 Å². The highest BCUT2D eigenvalue weighted by molar-refractivity contribution is 7.16. The summed E-state index contributed by atoms with van der Waals surface area (Å²) in [4.78, 5) is 25.0. The van der Waals surface area contributed by atoms with Crippen molar-refractivity contribution in [2.75, 3.05) is 5.32 Å². The molecule has 0 unspecified atom stereocenters. The number of hydrazone groups is 1. The van der Waals surface area contributed by atoms with Crippen LogP contribution in [0.2, 0.25) is 0 Å². The summed E-state index contributed by atoms with van der Waals surface area (Å²) in [7, 11) is 0. The van der Waals surface area contributed by atoms with Crippen LogP contribution in [0.15, 0.2) is 21.7 Å². The van der Waals surface area contributed by atoms with Gasteiger partial charge < -0.3 is 9.73 Å².